The molecule has 0 aliphatic rings. The van der Waals surface area contributed by atoms with Crippen molar-refractivity contribution in [2.75, 3.05) is 27.7 Å². The number of halogens is 1. The summed E-state index contributed by atoms with van der Waals surface area (Å²) in [6.07, 6.45) is 2.05. The van der Waals surface area contributed by atoms with Crippen LogP contribution in [0.15, 0.2) is 18.2 Å². The Hall–Kier alpha value is -0.930. The van der Waals surface area contributed by atoms with E-state index in [2.05, 4.69) is 24.3 Å². The zero-order valence-electron chi connectivity index (χ0n) is 11.3. The van der Waals surface area contributed by atoms with Gasteiger partial charge in [-0.25, -0.2) is 4.39 Å². The lowest BCUT2D eigenvalue weighted by Gasteiger charge is -2.19. The maximum atomic E-state index is 13.0. The first kappa shape index (κ1) is 14.1. The summed E-state index contributed by atoms with van der Waals surface area (Å²) in [6, 6.07) is 5.49. The molecule has 1 N–H and O–H groups in total. The Morgan fingerprint density at radius 1 is 1.35 bits per heavy atom. The number of nitrogens with one attached hydrogen (secondary N) is 1. The molecule has 0 saturated heterocycles. The lowest BCUT2D eigenvalue weighted by atomic mass is 9.99. The van der Waals surface area contributed by atoms with E-state index in [0.717, 1.165) is 24.9 Å². The summed E-state index contributed by atoms with van der Waals surface area (Å²) in [5, 5.41) is 3.33. The highest BCUT2D eigenvalue weighted by Crippen LogP contribution is 2.13. The quantitative estimate of drug-likeness (QED) is 0.817. The zero-order chi connectivity index (χ0) is 12.8. The first-order valence-electron chi connectivity index (χ1n) is 6.10. The Labute approximate surface area is 104 Å². The van der Waals surface area contributed by atoms with Crippen molar-refractivity contribution in [3.63, 3.8) is 0 Å². The van der Waals surface area contributed by atoms with Crippen molar-refractivity contribution in [3.05, 3.63) is 35.1 Å². The summed E-state index contributed by atoms with van der Waals surface area (Å²) in [5.74, 6) is -0.152. The molecule has 0 aliphatic carbocycles. The highest BCUT2D eigenvalue weighted by Gasteiger charge is 2.09. The van der Waals surface area contributed by atoms with E-state index in [4.69, 9.17) is 0 Å². The molecule has 2 nitrogen and oxygen atoms in total. The lowest BCUT2D eigenvalue weighted by molar-refractivity contribution is 0.364. The monoisotopic (exact) mass is 238 g/mol. The van der Waals surface area contributed by atoms with Gasteiger partial charge in [-0.15, -0.1) is 0 Å². The van der Waals surface area contributed by atoms with Crippen LogP contribution < -0.4 is 5.32 Å². The molecule has 0 saturated carbocycles. The fourth-order valence-corrected chi connectivity index (χ4v) is 1.92. The maximum absolute atomic E-state index is 13.0. The first-order valence-corrected chi connectivity index (χ1v) is 6.10. The molecule has 0 spiro atoms. The highest BCUT2D eigenvalue weighted by atomic mass is 19.1. The Morgan fingerprint density at radius 3 is 2.59 bits per heavy atom. The van der Waals surface area contributed by atoms with Crippen molar-refractivity contribution in [1.29, 1.82) is 0 Å². The van der Waals surface area contributed by atoms with Crippen LogP contribution >= 0.6 is 0 Å². The van der Waals surface area contributed by atoms with Crippen molar-refractivity contribution in [1.82, 2.24) is 10.2 Å². The molecular formula is C14H23FN2. The van der Waals surface area contributed by atoms with E-state index >= 15 is 0 Å². The average Bonchev–Trinajstić information content (AvgIpc) is 2.26. The molecule has 1 aromatic carbocycles. The van der Waals surface area contributed by atoms with Crippen LogP contribution in [0.5, 0.6) is 0 Å². The van der Waals surface area contributed by atoms with E-state index in [9.17, 15) is 4.39 Å². The van der Waals surface area contributed by atoms with Gasteiger partial charge >= 0.3 is 0 Å². The molecule has 0 fully saturated rings. The third kappa shape index (κ3) is 4.84. The van der Waals surface area contributed by atoms with Crippen LogP contribution in [0, 0.1) is 12.7 Å². The molecular weight excluding hydrogens is 215 g/mol. The van der Waals surface area contributed by atoms with Gasteiger partial charge in [-0.2, -0.15) is 0 Å². The van der Waals surface area contributed by atoms with Crippen LogP contribution in [0.2, 0.25) is 0 Å². The van der Waals surface area contributed by atoms with Gasteiger partial charge in [0.25, 0.3) is 0 Å². The minimum atomic E-state index is -0.152. The second-order valence-corrected chi connectivity index (χ2v) is 4.85. The molecule has 0 aromatic heterocycles. The van der Waals surface area contributed by atoms with Gasteiger partial charge in [0.15, 0.2) is 0 Å². The van der Waals surface area contributed by atoms with Crippen LogP contribution in [-0.4, -0.2) is 38.6 Å². The highest BCUT2D eigenvalue weighted by molar-refractivity contribution is 5.27. The number of nitrogens with zero attached hydrogens (tertiary/aromatic N) is 1. The molecule has 1 aromatic rings. The van der Waals surface area contributed by atoms with E-state index in [1.54, 1.807) is 12.1 Å². The fraction of sp³-hybridized carbons (Fsp3) is 0.571. The van der Waals surface area contributed by atoms with Crippen molar-refractivity contribution in [2.24, 2.45) is 0 Å². The van der Waals surface area contributed by atoms with Crippen LogP contribution in [0.1, 0.15) is 17.5 Å². The molecule has 0 aliphatic heterocycles. The predicted octanol–water partition coefficient (Wildman–Crippen LogP) is 2.22. The summed E-state index contributed by atoms with van der Waals surface area (Å²) in [7, 11) is 6.14. The van der Waals surface area contributed by atoms with Crippen LogP contribution in [0.4, 0.5) is 4.39 Å². The predicted molar refractivity (Wildman–Crippen MR) is 70.9 cm³/mol. The van der Waals surface area contributed by atoms with Crippen LogP contribution in [-0.2, 0) is 6.42 Å². The standard InChI is InChI=1S/C14H23FN2/c1-11-9-13(15)6-5-12(11)10-14(16-2)7-8-17(3)4/h5-6,9,14,16H,7-8,10H2,1-4H3. The minimum Gasteiger partial charge on any atom is -0.317 e. The van der Waals surface area contributed by atoms with Gasteiger partial charge in [0.05, 0.1) is 0 Å². The van der Waals surface area contributed by atoms with Crippen LogP contribution in [0.25, 0.3) is 0 Å². The second kappa shape index (κ2) is 6.72. The Morgan fingerprint density at radius 2 is 2.06 bits per heavy atom. The molecule has 3 heteroatoms. The normalized spacial score (nSPS) is 13.1. The van der Waals surface area contributed by atoms with Crippen molar-refractivity contribution in [2.45, 2.75) is 25.8 Å². The first-order chi connectivity index (χ1) is 8.02. The van der Waals surface area contributed by atoms with Gasteiger partial charge in [0.1, 0.15) is 5.82 Å². The molecule has 1 rings (SSSR count). The Balaban J connectivity index is 2.60. The number of benzene rings is 1. The molecule has 1 atom stereocenters. The molecule has 17 heavy (non-hydrogen) atoms. The number of aryl methyl sites for hydroxylation is 1. The number of rotatable bonds is 6. The molecule has 0 bridgehead atoms. The second-order valence-electron chi connectivity index (χ2n) is 4.85. The summed E-state index contributed by atoms with van der Waals surface area (Å²) in [4.78, 5) is 2.18. The molecule has 1 unspecified atom stereocenters. The molecule has 96 valence electrons. The minimum absolute atomic E-state index is 0.152. The van der Waals surface area contributed by atoms with Gasteiger partial charge in [0, 0.05) is 6.04 Å². The Kier molecular flexibility index (Phi) is 5.59. The number of hydrogen-bond donors (Lipinski definition) is 1. The van der Waals surface area contributed by atoms with Crippen molar-refractivity contribution < 1.29 is 4.39 Å². The summed E-state index contributed by atoms with van der Waals surface area (Å²) >= 11 is 0. The van der Waals surface area contributed by atoms with Gasteiger partial charge in [-0.3, -0.25) is 0 Å². The maximum Gasteiger partial charge on any atom is 0.123 e. The summed E-state index contributed by atoms with van der Waals surface area (Å²) in [6.45, 7) is 3.03. The average molecular weight is 238 g/mol. The van der Waals surface area contributed by atoms with Gasteiger partial charge in [-0.1, -0.05) is 6.07 Å². The largest absolute Gasteiger partial charge is 0.317 e. The van der Waals surface area contributed by atoms with E-state index in [1.165, 1.54) is 5.56 Å². The number of hydrogen-bond acceptors (Lipinski definition) is 2. The topological polar surface area (TPSA) is 15.3 Å². The number of likely N-dealkylation sites (N-methyl/N-ethyl adjacent to an activating group) is 1. The third-order valence-corrected chi connectivity index (χ3v) is 3.10. The fourth-order valence-electron chi connectivity index (χ4n) is 1.92. The van der Waals surface area contributed by atoms with E-state index in [-0.39, 0.29) is 5.82 Å². The van der Waals surface area contributed by atoms with Crippen molar-refractivity contribution >= 4 is 0 Å². The molecule has 0 heterocycles. The zero-order valence-corrected chi connectivity index (χ0v) is 11.3. The Bertz CT molecular complexity index is 350. The third-order valence-electron chi connectivity index (χ3n) is 3.10. The SMILES string of the molecule is CNC(CCN(C)C)Cc1ccc(F)cc1C. The van der Waals surface area contributed by atoms with E-state index in [0.29, 0.717) is 6.04 Å². The summed E-state index contributed by atoms with van der Waals surface area (Å²) < 4.78 is 13.0. The van der Waals surface area contributed by atoms with Crippen molar-refractivity contribution in [3.8, 4) is 0 Å². The van der Waals surface area contributed by atoms with Gasteiger partial charge < -0.3 is 10.2 Å². The lowest BCUT2D eigenvalue weighted by Crippen LogP contribution is -2.31. The van der Waals surface area contributed by atoms with E-state index < -0.39 is 0 Å². The van der Waals surface area contributed by atoms with E-state index in [1.807, 2.05) is 20.0 Å². The smallest absolute Gasteiger partial charge is 0.123 e. The van der Waals surface area contributed by atoms with Gasteiger partial charge in [0.2, 0.25) is 0 Å². The summed E-state index contributed by atoms with van der Waals surface area (Å²) in [5.41, 5.74) is 2.26. The van der Waals surface area contributed by atoms with Gasteiger partial charge in [-0.05, 0) is 70.7 Å². The molecule has 0 amide bonds. The molecule has 0 radical (unpaired) electrons. The van der Waals surface area contributed by atoms with Crippen LogP contribution in [0.3, 0.4) is 0 Å².